The highest BCUT2D eigenvalue weighted by atomic mass is 15.4. The van der Waals surface area contributed by atoms with Crippen molar-refractivity contribution in [3.8, 4) is 0 Å². The summed E-state index contributed by atoms with van der Waals surface area (Å²) in [6, 6.07) is 0. The zero-order valence-corrected chi connectivity index (χ0v) is 7.04. The van der Waals surface area contributed by atoms with Gasteiger partial charge in [0, 0.05) is 6.42 Å². The molecule has 1 rings (SSSR count). The lowest BCUT2D eigenvalue weighted by Crippen LogP contribution is -2.52. The van der Waals surface area contributed by atoms with Gasteiger partial charge in [0.25, 0.3) is 0 Å². The molecular weight excluding hydrogens is 156 g/mol. The third kappa shape index (κ3) is 1.85. The first-order valence-electron chi connectivity index (χ1n) is 3.82. The Kier molecular flexibility index (Phi) is 2.18. The van der Waals surface area contributed by atoms with Gasteiger partial charge in [-0.25, -0.2) is 9.98 Å². The van der Waals surface area contributed by atoms with Crippen molar-refractivity contribution in [1.82, 2.24) is 5.32 Å². The van der Waals surface area contributed by atoms with Crippen LogP contribution in [0.1, 0.15) is 19.8 Å². The van der Waals surface area contributed by atoms with Crippen LogP contribution in [0, 0.1) is 0 Å². The van der Waals surface area contributed by atoms with Crippen molar-refractivity contribution in [2.75, 3.05) is 0 Å². The summed E-state index contributed by atoms with van der Waals surface area (Å²) in [6.45, 7) is 1.99. The normalized spacial score (nSPS) is 20.8. The van der Waals surface area contributed by atoms with E-state index in [1.807, 2.05) is 6.92 Å². The average Bonchev–Trinajstić information content (AvgIpc) is 1.82. The summed E-state index contributed by atoms with van der Waals surface area (Å²) in [7, 11) is 0. The predicted octanol–water partition coefficient (Wildman–Crippen LogP) is -1.37. The summed E-state index contributed by atoms with van der Waals surface area (Å²) < 4.78 is 0. The molecule has 0 saturated heterocycles. The second-order valence-corrected chi connectivity index (χ2v) is 2.75. The highest BCUT2D eigenvalue weighted by Gasteiger charge is 2.25. The zero-order chi connectivity index (χ0) is 9.19. The third-order valence-corrected chi connectivity index (χ3v) is 1.50. The summed E-state index contributed by atoms with van der Waals surface area (Å²) in [6.07, 6.45) is 1.51. The number of nitrogens with zero attached hydrogens (tertiary/aromatic N) is 2. The van der Waals surface area contributed by atoms with Gasteiger partial charge in [-0.05, 0) is 0 Å². The van der Waals surface area contributed by atoms with Gasteiger partial charge in [-0.2, -0.15) is 0 Å². The van der Waals surface area contributed by atoms with Gasteiger partial charge in [-0.15, -0.1) is 0 Å². The van der Waals surface area contributed by atoms with E-state index in [4.69, 9.17) is 17.2 Å². The van der Waals surface area contributed by atoms with Gasteiger partial charge in [0.1, 0.15) is 0 Å². The molecule has 0 bridgehead atoms. The predicted molar refractivity (Wildman–Crippen MR) is 48.2 cm³/mol. The highest BCUT2D eigenvalue weighted by Crippen LogP contribution is 2.14. The van der Waals surface area contributed by atoms with E-state index >= 15 is 0 Å². The van der Waals surface area contributed by atoms with Crippen molar-refractivity contribution in [1.29, 1.82) is 0 Å². The Labute approximate surface area is 70.9 Å². The maximum atomic E-state index is 5.78. The SMILES string of the molecule is CCCC1(N)N=C(N)NC(N)=N1. The summed E-state index contributed by atoms with van der Waals surface area (Å²) in [5.74, 6) is -0.523. The van der Waals surface area contributed by atoms with Crippen molar-refractivity contribution in [2.24, 2.45) is 27.2 Å². The Morgan fingerprint density at radius 3 is 2.25 bits per heavy atom. The van der Waals surface area contributed by atoms with Gasteiger partial charge in [-0.3, -0.25) is 11.1 Å². The first-order valence-corrected chi connectivity index (χ1v) is 3.82. The minimum absolute atomic E-state index is 0.221. The van der Waals surface area contributed by atoms with Crippen LogP contribution in [0.3, 0.4) is 0 Å². The number of rotatable bonds is 2. The molecule has 0 aromatic heterocycles. The largest absolute Gasteiger partial charge is 0.370 e. The second-order valence-electron chi connectivity index (χ2n) is 2.75. The minimum atomic E-state index is -0.964. The molecule has 6 heteroatoms. The first-order chi connectivity index (χ1) is 5.56. The van der Waals surface area contributed by atoms with Gasteiger partial charge in [0.15, 0.2) is 11.9 Å². The molecule has 0 saturated carbocycles. The first kappa shape index (κ1) is 8.79. The third-order valence-electron chi connectivity index (χ3n) is 1.50. The van der Waals surface area contributed by atoms with E-state index in [1.165, 1.54) is 0 Å². The number of nitrogens with one attached hydrogen (secondary N) is 1. The summed E-state index contributed by atoms with van der Waals surface area (Å²) in [5.41, 5.74) is 16.6. The van der Waals surface area contributed by atoms with Crippen LogP contribution in [-0.2, 0) is 0 Å². The molecule has 0 aliphatic carbocycles. The van der Waals surface area contributed by atoms with Gasteiger partial charge in [-0.1, -0.05) is 13.3 Å². The Morgan fingerprint density at radius 2 is 1.83 bits per heavy atom. The van der Waals surface area contributed by atoms with Crippen molar-refractivity contribution in [3.63, 3.8) is 0 Å². The molecule has 0 radical (unpaired) electrons. The van der Waals surface area contributed by atoms with Gasteiger partial charge >= 0.3 is 0 Å². The summed E-state index contributed by atoms with van der Waals surface area (Å²) in [5, 5.41) is 2.57. The van der Waals surface area contributed by atoms with Gasteiger partial charge < -0.3 is 11.5 Å². The molecule has 1 aliphatic heterocycles. The fourth-order valence-corrected chi connectivity index (χ4v) is 1.11. The molecule has 0 atom stereocenters. The van der Waals surface area contributed by atoms with Crippen LogP contribution in [0.4, 0.5) is 0 Å². The van der Waals surface area contributed by atoms with Crippen LogP contribution < -0.4 is 22.5 Å². The molecule has 68 valence electrons. The second kappa shape index (κ2) is 2.98. The highest BCUT2D eigenvalue weighted by molar-refractivity contribution is 5.98. The lowest BCUT2D eigenvalue weighted by Gasteiger charge is -2.25. The molecule has 6 nitrogen and oxygen atoms in total. The van der Waals surface area contributed by atoms with Crippen molar-refractivity contribution in [2.45, 2.75) is 25.6 Å². The molecule has 0 aromatic carbocycles. The molecule has 0 aromatic rings. The number of nitrogens with two attached hydrogens (primary N) is 3. The molecule has 0 fully saturated rings. The molecule has 1 aliphatic rings. The van der Waals surface area contributed by atoms with Gasteiger partial charge in [0.2, 0.25) is 5.79 Å². The maximum Gasteiger partial charge on any atom is 0.209 e. The van der Waals surface area contributed by atoms with E-state index < -0.39 is 5.79 Å². The lowest BCUT2D eigenvalue weighted by atomic mass is 10.2. The van der Waals surface area contributed by atoms with E-state index in [0.29, 0.717) is 6.42 Å². The lowest BCUT2D eigenvalue weighted by molar-refractivity contribution is 0.419. The number of aliphatic imine (C=N–C) groups is 2. The summed E-state index contributed by atoms with van der Waals surface area (Å²) >= 11 is 0. The Hall–Kier alpha value is -1.30. The molecule has 1 heterocycles. The number of hydrogen-bond donors (Lipinski definition) is 4. The van der Waals surface area contributed by atoms with Gasteiger partial charge in [0.05, 0.1) is 0 Å². The topological polar surface area (TPSA) is 115 Å². The van der Waals surface area contributed by atoms with Crippen LogP contribution in [0.2, 0.25) is 0 Å². The molecule has 7 N–H and O–H groups in total. The van der Waals surface area contributed by atoms with Crippen LogP contribution in [0.15, 0.2) is 9.98 Å². The van der Waals surface area contributed by atoms with Crippen LogP contribution in [-0.4, -0.2) is 17.7 Å². The Bertz CT molecular complexity index is 212. The standard InChI is InChI=1S/C6H14N6/c1-2-3-6(9)11-4(7)10-5(8)12-6/h2-3,9H2,1H3,(H5,7,8,10,11,12). The molecular formula is C6H14N6. The number of hydrogen-bond acceptors (Lipinski definition) is 6. The minimum Gasteiger partial charge on any atom is -0.370 e. The van der Waals surface area contributed by atoms with E-state index in [9.17, 15) is 0 Å². The quantitative estimate of drug-likeness (QED) is 0.409. The fraction of sp³-hybridized carbons (Fsp3) is 0.667. The summed E-state index contributed by atoms with van der Waals surface area (Å²) in [4.78, 5) is 7.90. The van der Waals surface area contributed by atoms with Crippen molar-refractivity contribution >= 4 is 11.9 Å². The van der Waals surface area contributed by atoms with Crippen LogP contribution in [0.25, 0.3) is 0 Å². The number of guanidine groups is 2. The van der Waals surface area contributed by atoms with Crippen molar-refractivity contribution < 1.29 is 0 Å². The monoisotopic (exact) mass is 170 g/mol. The zero-order valence-electron chi connectivity index (χ0n) is 7.04. The van der Waals surface area contributed by atoms with E-state index in [0.717, 1.165) is 6.42 Å². The Balaban J connectivity index is 2.81. The molecule has 0 unspecified atom stereocenters. The van der Waals surface area contributed by atoms with E-state index in [2.05, 4.69) is 15.3 Å². The van der Waals surface area contributed by atoms with Crippen LogP contribution >= 0.6 is 0 Å². The smallest absolute Gasteiger partial charge is 0.209 e. The molecule has 12 heavy (non-hydrogen) atoms. The van der Waals surface area contributed by atoms with E-state index in [1.54, 1.807) is 0 Å². The fourth-order valence-electron chi connectivity index (χ4n) is 1.11. The van der Waals surface area contributed by atoms with Crippen molar-refractivity contribution in [3.05, 3.63) is 0 Å². The maximum absolute atomic E-state index is 5.78. The Morgan fingerprint density at radius 1 is 1.33 bits per heavy atom. The molecule has 0 spiro atoms. The van der Waals surface area contributed by atoms with E-state index in [-0.39, 0.29) is 11.9 Å². The van der Waals surface area contributed by atoms with Crippen LogP contribution in [0.5, 0.6) is 0 Å². The molecule has 0 amide bonds. The average molecular weight is 170 g/mol.